The van der Waals surface area contributed by atoms with Crippen LogP contribution in [0.15, 0.2) is 54.9 Å². The van der Waals surface area contributed by atoms with Gasteiger partial charge in [-0.2, -0.15) is 13.1 Å². The Labute approximate surface area is 213 Å². The van der Waals surface area contributed by atoms with E-state index in [4.69, 9.17) is 22.1 Å². The molecule has 9 nitrogen and oxygen atoms in total. The van der Waals surface area contributed by atoms with Crippen LogP contribution in [0.25, 0.3) is 22.2 Å². The summed E-state index contributed by atoms with van der Waals surface area (Å²) in [5.74, 6) is 1.28. The van der Waals surface area contributed by atoms with E-state index in [9.17, 15) is 8.42 Å². The molecule has 2 aliphatic carbocycles. The second-order valence-electron chi connectivity index (χ2n) is 9.27. The number of nitrogen functional groups attached to an aromatic ring is 1. The summed E-state index contributed by atoms with van der Waals surface area (Å²) >= 11 is 6.11. The van der Waals surface area contributed by atoms with E-state index in [2.05, 4.69) is 24.0 Å². The Balaban J connectivity index is 1.31. The zero-order valence-electron chi connectivity index (χ0n) is 19.3. The summed E-state index contributed by atoms with van der Waals surface area (Å²) in [7, 11) is -3.60. The molecule has 2 aliphatic rings. The SMILES string of the molecule is Nc1c(-c2ccc(NS(=O)(=O)NCC3CC3)cc2)n(C2CC2)c2cc(Oc3nccnc3Cl)ccc12. The molecule has 0 atom stereocenters. The standard InChI is InChI=1S/C25H25ClN6O3S/c26-24-25(29-12-11-28-24)35-19-9-10-20-21(13-19)32(18-7-8-18)23(22(20)27)16-3-5-17(6-4-16)31-36(33,34)30-14-15-1-2-15/h3-6,9-13,15,18,30-31H,1-2,7-8,14,27H2. The Kier molecular flexibility index (Phi) is 5.74. The van der Waals surface area contributed by atoms with Crippen molar-refractivity contribution in [1.82, 2.24) is 19.3 Å². The van der Waals surface area contributed by atoms with Gasteiger partial charge in [0, 0.05) is 47.7 Å². The van der Waals surface area contributed by atoms with E-state index in [1.54, 1.807) is 12.1 Å². The highest BCUT2D eigenvalue weighted by Crippen LogP contribution is 2.47. The van der Waals surface area contributed by atoms with Gasteiger partial charge in [-0.25, -0.2) is 9.97 Å². The van der Waals surface area contributed by atoms with Crippen molar-refractivity contribution in [2.24, 2.45) is 5.92 Å². The van der Waals surface area contributed by atoms with Crippen molar-refractivity contribution in [2.45, 2.75) is 31.7 Å². The third-order valence-electron chi connectivity index (χ3n) is 6.43. The molecule has 2 heterocycles. The lowest BCUT2D eigenvalue weighted by Crippen LogP contribution is -2.31. The van der Waals surface area contributed by atoms with Crippen LogP contribution < -0.4 is 19.9 Å². The number of ether oxygens (including phenoxy) is 1. The summed E-state index contributed by atoms with van der Waals surface area (Å²) in [5, 5.41) is 1.11. The number of hydrogen-bond acceptors (Lipinski definition) is 6. The maximum absolute atomic E-state index is 12.3. The minimum absolute atomic E-state index is 0.189. The molecule has 0 bridgehead atoms. The first-order valence-electron chi connectivity index (χ1n) is 11.8. The van der Waals surface area contributed by atoms with Gasteiger partial charge in [0.05, 0.1) is 16.9 Å². The molecule has 186 valence electrons. The molecule has 0 spiro atoms. The van der Waals surface area contributed by atoms with Gasteiger partial charge in [0.15, 0.2) is 5.15 Å². The molecule has 0 unspecified atom stereocenters. The maximum atomic E-state index is 12.3. The largest absolute Gasteiger partial charge is 0.436 e. The molecule has 2 saturated carbocycles. The van der Waals surface area contributed by atoms with Crippen molar-refractivity contribution in [2.75, 3.05) is 17.0 Å². The molecule has 4 aromatic rings. The van der Waals surface area contributed by atoms with Gasteiger partial charge in [0.25, 0.3) is 16.1 Å². The van der Waals surface area contributed by atoms with E-state index in [0.29, 0.717) is 35.6 Å². The Bertz CT molecular complexity index is 1550. The molecular weight excluding hydrogens is 500 g/mol. The number of fused-ring (bicyclic) bond motifs is 1. The first kappa shape index (κ1) is 23.1. The third-order valence-corrected chi connectivity index (χ3v) is 7.74. The zero-order valence-corrected chi connectivity index (χ0v) is 20.9. The van der Waals surface area contributed by atoms with Gasteiger partial charge >= 0.3 is 0 Å². The van der Waals surface area contributed by atoms with Crippen LogP contribution >= 0.6 is 11.6 Å². The van der Waals surface area contributed by atoms with Crippen LogP contribution in [0.3, 0.4) is 0 Å². The van der Waals surface area contributed by atoms with Gasteiger partial charge < -0.3 is 15.0 Å². The van der Waals surface area contributed by atoms with Crippen molar-refractivity contribution < 1.29 is 13.2 Å². The van der Waals surface area contributed by atoms with Gasteiger partial charge in [-0.3, -0.25) is 4.72 Å². The number of hydrogen-bond donors (Lipinski definition) is 3. The number of anilines is 2. The number of rotatable bonds is 9. The second kappa shape index (κ2) is 8.95. The Morgan fingerprint density at radius 2 is 1.81 bits per heavy atom. The Morgan fingerprint density at radius 3 is 2.50 bits per heavy atom. The number of nitrogens with two attached hydrogens (primary N) is 1. The molecule has 2 aromatic heterocycles. The van der Waals surface area contributed by atoms with Crippen LogP contribution in [0.5, 0.6) is 11.6 Å². The summed E-state index contributed by atoms with van der Waals surface area (Å²) in [6, 6.07) is 13.3. The number of aromatic nitrogens is 3. The first-order valence-corrected chi connectivity index (χ1v) is 13.7. The van der Waals surface area contributed by atoms with Crippen LogP contribution in [0.1, 0.15) is 31.7 Å². The molecule has 6 rings (SSSR count). The Morgan fingerprint density at radius 1 is 1.06 bits per heavy atom. The van der Waals surface area contributed by atoms with E-state index in [-0.39, 0.29) is 11.0 Å². The predicted molar refractivity (Wildman–Crippen MR) is 140 cm³/mol. The molecule has 2 aromatic carbocycles. The molecule has 11 heteroatoms. The average molecular weight is 525 g/mol. The van der Waals surface area contributed by atoms with Gasteiger partial charge in [-0.1, -0.05) is 23.7 Å². The molecule has 36 heavy (non-hydrogen) atoms. The van der Waals surface area contributed by atoms with Gasteiger partial charge in [0.2, 0.25) is 0 Å². The van der Waals surface area contributed by atoms with Crippen LogP contribution in [-0.4, -0.2) is 29.5 Å². The molecule has 2 fully saturated rings. The predicted octanol–water partition coefficient (Wildman–Crippen LogP) is 5.12. The quantitative estimate of drug-likeness (QED) is 0.279. The van der Waals surface area contributed by atoms with Gasteiger partial charge in [0.1, 0.15) is 5.75 Å². The zero-order chi connectivity index (χ0) is 24.9. The molecule has 0 amide bonds. The lowest BCUT2D eigenvalue weighted by atomic mass is 10.1. The summed E-state index contributed by atoms with van der Waals surface area (Å²) in [6.07, 6.45) is 7.30. The van der Waals surface area contributed by atoms with Crippen LogP contribution in [0.4, 0.5) is 11.4 Å². The highest BCUT2D eigenvalue weighted by atomic mass is 35.5. The van der Waals surface area contributed by atoms with Crippen molar-refractivity contribution >= 4 is 44.1 Å². The third kappa shape index (κ3) is 4.71. The number of nitrogens with zero attached hydrogens (tertiary/aromatic N) is 3. The van der Waals surface area contributed by atoms with Gasteiger partial charge in [-0.15, -0.1) is 0 Å². The fourth-order valence-corrected chi connectivity index (χ4v) is 5.43. The lowest BCUT2D eigenvalue weighted by Gasteiger charge is -2.13. The number of benzene rings is 2. The summed E-state index contributed by atoms with van der Waals surface area (Å²) < 4.78 is 38.0. The molecule has 0 radical (unpaired) electrons. The molecule has 0 saturated heterocycles. The topological polar surface area (TPSA) is 124 Å². The molecule has 4 N–H and O–H groups in total. The van der Waals surface area contributed by atoms with E-state index in [1.165, 1.54) is 12.4 Å². The molecule has 0 aliphatic heterocycles. The fourth-order valence-electron chi connectivity index (χ4n) is 4.31. The first-order chi connectivity index (χ1) is 17.4. The van der Waals surface area contributed by atoms with E-state index in [0.717, 1.165) is 47.8 Å². The normalized spacial score (nSPS) is 15.8. The molecular formula is C25H25ClN6O3S. The minimum Gasteiger partial charge on any atom is -0.436 e. The van der Waals surface area contributed by atoms with E-state index < -0.39 is 10.2 Å². The Hall–Kier alpha value is -3.34. The highest BCUT2D eigenvalue weighted by molar-refractivity contribution is 7.90. The maximum Gasteiger partial charge on any atom is 0.299 e. The van der Waals surface area contributed by atoms with Gasteiger partial charge in [-0.05, 0) is 55.9 Å². The minimum atomic E-state index is -3.60. The lowest BCUT2D eigenvalue weighted by molar-refractivity contribution is 0.461. The second-order valence-corrected chi connectivity index (χ2v) is 11.1. The fraction of sp³-hybridized carbons (Fsp3) is 0.280. The average Bonchev–Trinajstić information content (AvgIpc) is 3.78. The van der Waals surface area contributed by atoms with Crippen LogP contribution in [-0.2, 0) is 10.2 Å². The summed E-state index contributed by atoms with van der Waals surface area (Å²) in [4.78, 5) is 8.16. The van der Waals surface area contributed by atoms with Crippen LogP contribution in [0, 0.1) is 5.92 Å². The highest BCUT2D eigenvalue weighted by Gasteiger charge is 2.30. The summed E-state index contributed by atoms with van der Waals surface area (Å²) in [6.45, 7) is 0.472. The van der Waals surface area contributed by atoms with Crippen molar-refractivity contribution in [1.29, 1.82) is 0 Å². The van der Waals surface area contributed by atoms with Crippen LogP contribution in [0.2, 0.25) is 5.15 Å². The smallest absolute Gasteiger partial charge is 0.299 e. The van der Waals surface area contributed by atoms with E-state index >= 15 is 0 Å². The number of halogens is 1. The van der Waals surface area contributed by atoms with Crippen molar-refractivity contribution in [3.63, 3.8) is 0 Å². The van der Waals surface area contributed by atoms with E-state index in [1.807, 2.05) is 30.3 Å². The summed E-state index contributed by atoms with van der Waals surface area (Å²) in [5.41, 5.74) is 10.6. The van der Waals surface area contributed by atoms with Crippen molar-refractivity contribution in [3.05, 3.63) is 60.0 Å². The monoisotopic (exact) mass is 524 g/mol. The number of nitrogens with one attached hydrogen (secondary N) is 2. The van der Waals surface area contributed by atoms with Crippen molar-refractivity contribution in [3.8, 4) is 22.9 Å².